The molecule has 0 N–H and O–H groups in total. The molecule has 0 saturated heterocycles. The van der Waals surface area contributed by atoms with Gasteiger partial charge in [0.2, 0.25) is 5.75 Å². The van der Waals surface area contributed by atoms with Crippen LogP contribution in [-0.4, -0.2) is 31.3 Å². The number of hydrogen-bond donors (Lipinski definition) is 1. The minimum atomic E-state index is 0.577. The number of aryl methyl sites for hydroxylation is 1. The van der Waals surface area contributed by atoms with Gasteiger partial charge in [0.25, 0.3) is 0 Å². The summed E-state index contributed by atoms with van der Waals surface area (Å²) in [6.45, 7) is 1.96. The van der Waals surface area contributed by atoms with Gasteiger partial charge in [0.05, 0.1) is 38.2 Å². The molecule has 0 aliphatic carbocycles. The van der Waals surface area contributed by atoms with E-state index < -0.39 is 0 Å². The van der Waals surface area contributed by atoms with E-state index >= 15 is 0 Å². The van der Waals surface area contributed by atoms with Gasteiger partial charge < -0.3 is 14.2 Å². The first-order chi connectivity index (χ1) is 12.1. The molecular formula is C19H20N2O3S. The first kappa shape index (κ1) is 17.4. The van der Waals surface area contributed by atoms with E-state index in [2.05, 4.69) is 17.6 Å². The maximum atomic E-state index is 5.42. The van der Waals surface area contributed by atoms with E-state index in [9.17, 15) is 0 Å². The third-order valence-electron chi connectivity index (χ3n) is 4.04. The molecule has 0 bridgehead atoms. The number of benzene rings is 2. The monoisotopic (exact) mass is 356 g/mol. The lowest BCUT2D eigenvalue weighted by Crippen LogP contribution is -2.02. The molecule has 3 rings (SSSR count). The zero-order chi connectivity index (χ0) is 18.0. The number of aromatic nitrogens is 2. The van der Waals surface area contributed by atoms with Crippen LogP contribution in [0.25, 0.3) is 11.0 Å². The van der Waals surface area contributed by atoms with E-state index in [0.29, 0.717) is 23.7 Å². The van der Waals surface area contributed by atoms with Crippen molar-refractivity contribution in [3.63, 3.8) is 0 Å². The molecule has 1 heterocycles. The average Bonchev–Trinajstić information content (AvgIpc) is 2.62. The van der Waals surface area contributed by atoms with Crippen LogP contribution in [0.3, 0.4) is 0 Å². The van der Waals surface area contributed by atoms with E-state index in [1.54, 1.807) is 21.3 Å². The van der Waals surface area contributed by atoms with Crippen LogP contribution in [0, 0.1) is 6.92 Å². The number of thiol groups is 1. The largest absolute Gasteiger partial charge is 0.493 e. The van der Waals surface area contributed by atoms with Crippen LogP contribution >= 0.6 is 12.6 Å². The van der Waals surface area contributed by atoms with E-state index in [1.165, 1.54) is 0 Å². The second kappa shape index (κ2) is 7.19. The quantitative estimate of drug-likeness (QED) is 0.704. The highest BCUT2D eigenvalue weighted by Crippen LogP contribution is 2.38. The van der Waals surface area contributed by atoms with Gasteiger partial charge in [0.15, 0.2) is 11.5 Å². The van der Waals surface area contributed by atoms with E-state index in [0.717, 1.165) is 32.9 Å². The lowest BCUT2D eigenvalue weighted by atomic mass is 10.1. The molecule has 0 radical (unpaired) electrons. The van der Waals surface area contributed by atoms with E-state index in [-0.39, 0.29) is 0 Å². The summed E-state index contributed by atoms with van der Waals surface area (Å²) in [6.07, 6.45) is 0.605. The molecular weight excluding hydrogens is 336 g/mol. The average molecular weight is 356 g/mol. The van der Waals surface area contributed by atoms with Crippen molar-refractivity contribution in [1.82, 2.24) is 9.97 Å². The number of nitrogens with zero attached hydrogens (tertiary/aromatic N) is 2. The maximum absolute atomic E-state index is 5.42. The highest BCUT2D eigenvalue weighted by Gasteiger charge is 2.15. The summed E-state index contributed by atoms with van der Waals surface area (Å²) in [5, 5.41) is 0. The normalized spacial score (nSPS) is 10.8. The van der Waals surface area contributed by atoms with Crippen molar-refractivity contribution in [3.05, 3.63) is 47.3 Å². The fourth-order valence-electron chi connectivity index (χ4n) is 2.78. The van der Waals surface area contributed by atoms with E-state index in [1.807, 2.05) is 37.3 Å². The Hall–Kier alpha value is -2.47. The Morgan fingerprint density at radius 1 is 0.960 bits per heavy atom. The van der Waals surface area contributed by atoms with Gasteiger partial charge >= 0.3 is 0 Å². The Labute approximate surface area is 152 Å². The molecule has 3 aromatic rings. The molecule has 0 aliphatic heterocycles. The van der Waals surface area contributed by atoms with Crippen LogP contribution in [-0.2, 0) is 6.42 Å². The fourth-order valence-corrected chi connectivity index (χ4v) is 3.03. The van der Waals surface area contributed by atoms with Crippen LogP contribution in [0.4, 0.5) is 0 Å². The summed E-state index contributed by atoms with van der Waals surface area (Å²) in [6, 6.07) is 9.65. The molecule has 25 heavy (non-hydrogen) atoms. The minimum absolute atomic E-state index is 0.577. The number of rotatable bonds is 5. The highest BCUT2D eigenvalue weighted by atomic mass is 32.1. The van der Waals surface area contributed by atoms with Crippen molar-refractivity contribution in [2.24, 2.45) is 0 Å². The van der Waals surface area contributed by atoms with Crippen LogP contribution in [0.2, 0.25) is 0 Å². The lowest BCUT2D eigenvalue weighted by Gasteiger charge is -2.14. The minimum Gasteiger partial charge on any atom is -0.493 e. The van der Waals surface area contributed by atoms with E-state index in [4.69, 9.17) is 19.2 Å². The van der Waals surface area contributed by atoms with Gasteiger partial charge in [0.1, 0.15) is 5.52 Å². The number of fused-ring (bicyclic) bond motifs is 1. The Kier molecular flexibility index (Phi) is 4.99. The van der Waals surface area contributed by atoms with Gasteiger partial charge in [-0.3, -0.25) is 0 Å². The molecule has 0 fully saturated rings. The molecule has 2 aromatic carbocycles. The number of para-hydroxylation sites is 1. The Morgan fingerprint density at radius 3 is 2.24 bits per heavy atom. The van der Waals surface area contributed by atoms with Gasteiger partial charge in [-0.15, -0.1) is 12.6 Å². The second-order valence-electron chi connectivity index (χ2n) is 5.61. The number of ether oxygens (including phenoxy) is 3. The third-order valence-corrected chi connectivity index (χ3v) is 4.40. The topological polar surface area (TPSA) is 53.5 Å². The predicted octanol–water partition coefficient (Wildman–Crippen LogP) is 3.84. The van der Waals surface area contributed by atoms with Gasteiger partial charge in [-0.25, -0.2) is 9.97 Å². The third kappa shape index (κ3) is 3.35. The molecule has 130 valence electrons. The molecule has 0 unspecified atom stereocenters. The number of methoxy groups -OCH3 is 3. The maximum Gasteiger partial charge on any atom is 0.203 e. The van der Waals surface area contributed by atoms with Crippen LogP contribution in [0.15, 0.2) is 35.2 Å². The summed E-state index contributed by atoms with van der Waals surface area (Å²) in [4.78, 5) is 10.2. The molecule has 1 aromatic heterocycles. The first-order valence-corrected chi connectivity index (χ1v) is 8.26. The standard InChI is InChI=1S/C19H20N2O3S/c1-11-14(21-18-13(20-11)6-5-7-17(18)25)8-12-9-15(22-2)19(24-4)16(10-12)23-3/h5-7,9-10,25H,8H2,1-4H3. The van der Waals surface area contributed by atoms with Crippen molar-refractivity contribution < 1.29 is 14.2 Å². The Morgan fingerprint density at radius 2 is 1.64 bits per heavy atom. The van der Waals surface area contributed by atoms with Crippen LogP contribution < -0.4 is 14.2 Å². The Bertz CT molecular complexity index is 903. The Balaban J connectivity index is 2.06. The number of hydrogen-bond acceptors (Lipinski definition) is 6. The zero-order valence-corrected chi connectivity index (χ0v) is 15.6. The van der Waals surface area contributed by atoms with Crippen LogP contribution in [0.5, 0.6) is 17.2 Å². The van der Waals surface area contributed by atoms with Crippen molar-refractivity contribution in [3.8, 4) is 17.2 Å². The summed E-state index contributed by atoms with van der Waals surface area (Å²) >= 11 is 4.49. The van der Waals surface area contributed by atoms with Gasteiger partial charge in [0, 0.05) is 11.3 Å². The summed E-state index contributed by atoms with van der Waals surface area (Å²) in [7, 11) is 4.80. The molecule has 0 amide bonds. The van der Waals surface area contributed by atoms with Crippen LogP contribution in [0.1, 0.15) is 17.0 Å². The SMILES string of the molecule is COc1cc(Cc2nc3c(S)cccc3nc2C)cc(OC)c1OC. The molecule has 5 nitrogen and oxygen atoms in total. The molecule has 0 aliphatic rings. The van der Waals surface area contributed by atoms with Crippen molar-refractivity contribution in [2.45, 2.75) is 18.2 Å². The molecule has 0 spiro atoms. The van der Waals surface area contributed by atoms with Crippen molar-refractivity contribution in [2.75, 3.05) is 21.3 Å². The molecule has 0 saturated carbocycles. The summed E-state index contributed by atoms with van der Waals surface area (Å²) < 4.78 is 16.2. The van der Waals surface area contributed by atoms with Gasteiger partial charge in [-0.05, 0) is 36.8 Å². The zero-order valence-electron chi connectivity index (χ0n) is 14.7. The molecule has 0 atom stereocenters. The summed E-state index contributed by atoms with van der Waals surface area (Å²) in [5.74, 6) is 1.82. The van der Waals surface area contributed by atoms with Crippen molar-refractivity contribution >= 4 is 23.7 Å². The molecule has 6 heteroatoms. The van der Waals surface area contributed by atoms with Gasteiger partial charge in [-0.2, -0.15) is 0 Å². The lowest BCUT2D eigenvalue weighted by molar-refractivity contribution is 0.324. The second-order valence-corrected chi connectivity index (χ2v) is 6.09. The first-order valence-electron chi connectivity index (χ1n) is 7.81. The fraction of sp³-hybridized carbons (Fsp3) is 0.263. The summed E-state index contributed by atoms with van der Waals surface area (Å²) in [5.41, 5.74) is 4.43. The van der Waals surface area contributed by atoms with Gasteiger partial charge in [-0.1, -0.05) is 6.07 Å². The van der Waals surface area contributed by atoms with Crippen molar-refractivity contribution in [1.29, 1.82) is 0 Å². The highest BCUT2D eigenvalue weighted by molar-refractivity contribution is 7.80. The predicted molar refractivity (Wildman–Crippen MR) is 100 cm³/mol. The smallest absolute Gasteiger partial charge is 0.203 e.